The van der Waals surface area contributed by atoms with Gasteiger partial charge >= 0.3 is 0 Å². The highest BCUT2D eigenvalue weighted by molar-refractivity contribution is 4.51. The van der Waals surface area contributed by atoms with Gasteiger partial charge in [-0.15, -0.1) is 0 Å². The summed E-state index contributed by atoms with van der Waals surface area (Å²) in [5.74, 6) is 0. The molecular formula is C9H22N2O2. The van der Waals surface area contributed by atoms with Crippen LogP contribution in [0.3, 0.4) is 0 Å². The standard InChI is InChI=1S/C9H22N2O2/c1-2-3-4-5-6-10-7-8-11-9(12)13/h9-13H,2-8H2,1H3. The third kappa shape index (κ3) is 11.8. The number of hydrogen-bond donors (Lipinski definition) is 4. The molecule has 0 aliphatic carbocycles. The van der Waals surface area contributed by atoms with Crippen molar-refractivity contribution in [3.63, 3.8) is 0 Å². The molecule has 0 fully saturated rings. The summed E-state index contributed by atoms with van der Waals surface area (Å²) in [7, 11) is 0. The lowest BCUT2D eigenvalue weighted by Gasteiger charge is -2.07. The van der Waals surface area contributed by atoms with Crippen LogP contribution in [-0.4, -0.2) is 36.3 Å². The number of aliphatic hydroxyl groups excluding tert-OH is 1. The van der Waals surface area contributed by atoms with Gasteiger partial charge in [-0.25, -0.2) is 0 Å². The first-order chi connectivity index (χ1) is 6.27. The third-order valence-electron chi connectivity index (χ3n) is 1.84. The molecule has 0 amide bonds. The Labute approximate surface area is 80.3 Å². The number of rotatable bonds is 9. The van der Waals surface area contributed by atoms with Crippen molar-refractivity contribution in [1.82, 2.24) is 10.6 Å². The molecule has 0 aromatic rings. The van der Waals surface area contributed by atoms with Gasteiger partial charge in [0, 0.05) is 13.1 Å². The topological polar surface area (TPSA) is 64.5 Å². The van der Waals surface area contributed by atoms with E-state index in [1.807, 2.05) is 0 Å². The van der Waals surface area contributed by atoms with Gasteiger partial charge in [-0.3, -0.25) is 5.32 Å². The van der Waals surface area contributed by atoms with Crippen molar-refractivity contribution in [3.8, 4) is 0 Å². The van der Waals surface area contributed by atoms with Crippen LogP contribution in [0.1, 0.15) is 32.6 Å². The van der Waals surface area contributed by atoms with Gasteiger partial charge in [0.05, 0.1) is 0 Å². The lowest BCUT2D eigenvalue weighted by molar-refractivity contribution is -0.0650. The average molecular weight is 190 g/mol. The lowest BCUT2D eigenvalue weighted by atomic mass is 10.2. The Morgan fingerprint density at radius 3 is 2.38 bits per heavy atom. The second-order valence-electron chi connectivity index (χ2n) is 3.14. The Morgan fingerprint density at radius 2 is 1.77 bits per heavy atom. The zero-order valence-electron chi connectivity index (χ0n) is 8.42. The van der Waals surface area contributed by atoms with Gasteiger partial charge in [0.1, 0.15) is 0 Å². The van der Waals surface area contributed by atoms with Crippen LogP contribution < -0.4 is 10.6 Å². The highest BCUT2D eigenvalue weighted by Gasteiger charge is 1.93. The molecule has 0 bridgehead atoms. The van der Waals surface area contributed by atoms with Gasteiger partial charge < -0.3 is 15.5 Å². The molecule has 80 valence electrons. The molecule has 0 saturated heterocycles. The van der Waals surface area contributed by atoms with Crippen LogP contribution in [0.5, 0.6) is 0 Å². The molecular weight excluding hydrogens is 168 g/mol. The van der Waals surface area contributed by atoms with Crippen molar-refractivity contribution in [3.05, 3.63) is 0 Å². The fraction of sp³-hybridized carbons (Fsp3) is 1.00. The van der Waals surface area contributed by atoms with Gasteiger partial charge in [0.15, 0.2) is 0 Å². The van der Waals surface area contributed by atoms with Gasteiger partial charge in [0.2, 0.25) is 6.41 Å². The summed E-state index contributed by atoms with van der Waals surface area (Å²) in [6.45, 7) is 4.58. The summed E-state index contributed by atoms with van der Waals surface area (Å²) < 4.78 is 0. The Balaban J connectivity index is 2.84. The maximum Gasteiger partial charge on any atom is 0.211 e. The molecule has 0 rings (SSSR count). The van der Waals surface area contributed by atoms with E-state index in [-0.39, 0.29) is 0 Å². The Hall–Kier alpha value is -0.160. The molecule has 0 atom stereocenters. The second kappa shape index (κ2) is 9.92. The molecule has 0 aromatic heterocycles. The minimum atomic E-state index is -1.39. The van der Waals surface area contributed by atoms with Gasteiger partial charge in [0.25, 0.3) is 0 Å². The minimum Gasteiger partial charge on any atom is -0.356 e. The lowest BCUT2D eigenvalue weighted by Crippen LogP contribution is -2.34. The molecule has 0 unspecified atom stereocenters. The SMILES string of the molecule is CCCCCCNCCNC(O)O. The van der Waals surface area contributed by atoms with E-state index in [0.29, 0.717) is 6.54 Å². The zero-order valence-corrected chi connectivity index (χ0v) is 8.42. The Morgan fingerprint density at radius 1 is 1.00 bits per heavy atom. The molecule has 13 heavy (non-hydrogen) atoms. The molecule has 0 aromatic carbocycles. The first-order valence-electron chi connectivity index (χ1n) is 5.07. The number of aliphatic hydroxyl groups is 2. The Kier molecular flexibility index (Phi) is 9.80. The monoisotopic (exact) mass is 190 g/mol. The van der Waals surface area contributed by atoms with Gasteiger partial charge in [-0.1, -0.05) is 26.2 Å². The van der Waals surface area contributed by atoms with Gasteiger partial charge in [-0.05, 0) is 13.0 Å². The van der Waals surface area contributed by atoms with E-state index in [4.69, 9.17) is 10.2 Å². The first kappa shape index (κ1) is 12.8. The van der Waals surface area contributed by atoms with Crippen LogP contribution in [0, 0.1) is 0 Å². The van der Waals surface area contributed by atoms with E-state index in [1.54, 1.807) is 0 Å². The second-order valence-corrected chi connectivity index (χ2v) is 3.14. The van der Waals surface area contributed by atoms with Crippen molar-refractivity contribution < 1.29 is 10.2 Å². The molecule has 4 N–H and O–H groups in total. The predicted octanol–water partition coefficient (Wildman–Crippen LogP) is 0.0141. The third-order valence-corrected chi connectivity index (χ3v) is 1.84. The molecule has 0 saturated carbocycles. The van der Waals surface area contributed by atoms with E-state index in [9.17, 15) is 0 Å². The van der Waals surface area contributed by atoms with Crippen LogP contribution in [0.4, 0.5) is 0 Å². The van der Waals surface area contributed by atoms with Crippen molar-refractivity contribution in [2.75, 3.05) is 19.6 Å². The number of nitrogens with one attached hydrogen (secondary N) is 2. The van der Waals surface area contributed by atoms with Crippen molar-refractivity contribution in [2.45, 2.75) is 39.0 Å². The summed E-state index contributed by atoms with van der Waals surface area (Å²) in [4.78, 5) is 0. The van der Waals surface area contributed by atoms with Crippen LogP contribution in [0.15, 0.2) is 0 Å². The van der Waals surface area contributed by atoms with Crippen molar-refractivity contribution >= 4 is 0 Å². The van der Waals surface area contributed by atoms with E-state index < -0.39 is 6.41 Å². The average Bonchev–Trinajstić information content (AvgIpc) is 2.09. The summed E-state index contributed by atoms with van der Waals surface area (Å²) >= 11 is 0. The fourth-order valence-electron chi connectivity index (χ4n) is 1.09. The maximum atomic E-state index is 8.44. The van der Waals surface area contributed by atoms with E-state index in [2.05, 4.69) is 17.6 Å². The highest BCUT2D eigenvalue weighted by Crippen LogP contribution is 1.96. The number of unbranched alkanes of at least 4 members (excludes halogenated alkanes) is 3. The molecule has 0 spiro atoms. The van der Waals surface area contributed by atoms with Gasteiger partial charge in [-0.2, -0.15) is 0 Å². The normalized spacial score (nSPS) is 11.1. The zero-order chi connectivity index (χ0) is 9.94. The summed E-state index contributed by atoms with van der Waals surface area (Å²) in [5.41, 5.74) is 0. The van der Waals surface area contributed by atoms with Crippen LogP contribution in [-0.2, 0) is 0 Å². The van der Waals surface area contributed by atoms with Crippen molar-refractivity contribution in [1.29, 1.82) is 0 Å². The summed E-state index contributed by atoms with van der Waals surface area (Å²) in [6, 6.07) is 0. The minimum absolute atomic E-state index is 0.589. The highest BCUT2D eigenvalue weighted by atomic mass is 16.5. The molecule has 0 aliphatic rings. The van der Waals surface area contributed by atoms with E-state index >= 15 is 0 Å². The Bertz CT molecular complexity index is 99.6. The maximum absolute atomic E-state index is 8.44. The van der Waals surface area contributed by atoms with E-state index in [1.165, 1.54) is 25.7 Å². The molecule has 0 heterocycles. The molecule has 0 radical (unpaired) electrons. The predicted molar refractivity (Wildman–Crippen MR) is 53.2 cm³/mol. The summed E-state index contributed by atoms with van der Waals surface area (Å²) in [6.07, 6.45) is 3.66. The molecule has 4 nitrogen and oxygen atoms in total. The summed E-state index contributed by atoms with van der Waals surface area (Å²) in [5, 5.41) is 22.6. The molecule has 0 aliphatic heterocycles. The van der Waals surface area contributed by atoms with Crippen LogP contribution >= 0.6 is 0 Å². The van der Waals surface area contributed by atoms with E-state index in [0.717, 1.165) is 13.1 Å². The van der Waals surface area contributed by atoms with Crippen molar-refractivity contribution in [2.24, 2.45) is 0 Å². The van der Waals surface area contributed by atoms with Crippen LogP contribution in [0.25, 0.3) is 0 Å². The van der Waals surface area contributed by atoms with Crippen LogP contribution in [0.2, 0.25) is 0 Å². The fourth-order valence-corrected chi connectivity index (χ4v) is 1.09. The first-order valence-corrected chi connectivity index (χ1v) is 5.07. The molecule has 4 heteroatoms. The quantitative estimate of drug-likeness (QED) is 0.305. The largest absolute Gasteiger partial charge is 0.356 e. The number of hydrogen-bond acceptors (Lipinski definition) is 4. The smallest absolute Gasteiger partial charge is 0.211 e.